The van der Waals surface area contributed by atoms with Crippen LogP contribution in [0.1, 0.15) is 35.7 Å². The van der Waals surface area contributed by atoms with Gasteiger partial charge >= 0.3 is 18.3 Å². The van der Waals surface area contributed by atoms with E-state index in [1.54, 1.807) is 24.3 Å². The molecule has 0 spiro atoms. The molecule has 4 heterocycles. The number of benzene rings is 1. The molecule has 1 fully saturated rings. The minimum Gasteiger partial charge on any atom is -0.480 e. The van der Waals surface area contributed by atoms with Crippen molar-refractivity contribution in [2.24, 2.45) is 7.05 Å². The van der Waals surface area contributed by atoms with Crippen LogP contribution in [0.2, 0.25) is 0 Å². The van der Waals surface area contributed by atoms with E-state index in [2.05, 4.69) is 24.9 Å². The monoisotopic (exact) mass is 604 g/mol. The zero-order valence-corrected chi connectivity index (χ0v) is 22.8. The van der Waals surface area contributed by atoms with Crippen LogP contribution < -0.4 is 15.0 Å². The summed E-state index contributed by atoms with van der Waals surface area (Å²) in [6.07, 6.45) is -3.79. The predicted octanol–water partition coefficient (Wildman–Crippen LogP) is 4.67. The van der Waals surface area contributed by atoms with Crippen LogP contribution in [0, 0.1) is 0 Å². The van der Waals surface area contributed by atoms with Gasteiger partial charge in [-0.3, -0.25) is 0 Å². The molecule has 16 heteroatoms. The number of nitrogen functional groups attached to an aromatic ring is 1. The van der Waals surface area contributed by atoms with Gasteiger partial charge in [0, 0.05) is 24.7 Å². The van der Waals surface area contributed by atoms with Crippen molar-refractivity contribution in [2.75, 3.05) is 12.8 Å². The van der Waals surface area contributed by atoms with Crippen molar-refractivity contribution in [2.45, 2.75) is 44.2 Å². The van der Waals surface area contributed by atoms with Gasteiger partial charge in [0.15, 0.2) is 17.8 Å². The van der Waals surface area contributed by atoms with Gasteiger partial charge < -0.3 is 15.0 Å². The number of ether oxygens (including phenoxy) is 1. The molecule has 0 atom stereocenters. The van der Waals surface area contributed by atoms with E-state index in [0.29, 0.717) is 22.4 Å². The second-order valence-corrected chi connectivity index (χ2v) is 10.2. The van der Waals surface area contributed by atoms with E-state index in [4.69, 9.17) is 10.5 Å². The van der Waals surface area contributed by atoms with Gasteiger partial charge in [-0.1, -0.05) is 24.3 Å². The predicted molar refractivity (Wildman–Crippen MR) is 140 cm³/mol. The number of rotatable bonds is 7. The van der Waals surface area contributed by atoms with Gasteiger partial charge in [0.25, 0.3) is 5.65 Å². The first kappa shape index (κ1) is 28.4. The number of methoxy groups -OCH3 is 1. The average molecular weight is 605 g/mol. The Hall–Kier alpha value is -4.76. The lowest BCUT2D eigenvalue weighted by Crippen LogP contribution is -2.38. The van der Waals surface area contributed by atoms with Crippen LogP contribution in [0.4, 0.5) is 32.3 Å². The van der Waals surface area contributed by atoms with E-state index in [1.807, 2.05) is 0 Å². The van der Waals surface area contributed by atoms with Crippen LogP contribution in [-0.2, 0) is 26.3 Å². The zero-order chi connectivity index (χ0) is 30.7. The van der Waals surface area contributed by atoms with E-state index < -0.39 is 24.6 Å². The quantitative estimate of drug-likeness (QED) is 0.212. The fourth-order valence-electron chi connectivity index (χ4n) is 4.98. The van der Waals surface area contributed by atoms with E-state index in [-0.39, 0.29) is 47.1 Å². The van der Waals surface area contributed by atoms with Gasteiger partial charge in [0.05, 0.1) is 25.5 Å². The molecule has 0 bridgehead atoms. The fraction of sp³-hybridized carbons (Fsp3) is 0.333. The Bertz CT molecular complexity index is 1820. The van der Waals surface area contributed by atoms with E-state index >= 15 is 0 Å². The summed E-state index contributed by atoms with van der Waals surface area (Å²) in [5.74, 6) is 0.484. The molecule has 2 N–H and O–H groups in total. The van der Waals surface area contributed by atoms with Gasteiger partial charge in [0.2, 0.25) is 11.7 Å². The number of alkyl halides is 6. The van der Waals surface area contributed by atoms with E-state index in [0.717, 1.165) is 23.6 Å². The third-order valence-electron chi connectivity index (χ3n) is 7.13. The summed E-state index contributed by atoms with van der Waals surface area (Å²) < 4.78 is 89.1. The van der Waals surface area contributed by atoms with Crippen molar-refractivity contribution < 1.29 is 35.6 Å². The summed E-state index contributed by atoms with van der Waals surface area (Å²) in [5, 5.41) is 0. The van der Waals surface area contributed by atoms with E-state index in [1.165, 1.54) is 35.8 Å². The summed E-state index contributed by atoms with van der Waals surface area (Å²) in [6.45, 7) is -1.36. The van der Waals surface area contributed by atoms with Crippen molar-refractivity contribution in [3.8, 4) is 28.7 Å². The lowest BCUT2D eigenvalue weighted by Gasteiger charge is -2.09. The van der Waals surface area contributed by atoms with E-state index in [9.17, 15) is 26.3 Å². The van der Waals surface area contributed by atoms with Crippen molar-refractivity contribution >= 4 is 17.1 Å². The number of imidazole rings is 2. The number of nitrogens with zero attached hydrogens (tertiary/aromatic N) is 8. The number of fused-ring (bicyclic) bond motifs is 1. The highest BCUT2D eigenvalue weighted by molar-refractivity contribution is 5.74. The van der Waals surface area contributed by atoms with Crippen LogP contribution in [0.3, 0.4) is 0 Å². The maximum atomic E-state index is 13.6. The molecular weight excluding hydrogens is 580 g/mol. The first-order valence-corrected chi connectivity index (χ1v) is 13.0. The lowest BCUT2D eigenvalue weighted by molar-refractivity contribution is -0.650. The second-order valence-electron chi connectivity index (χ2n) is 10.2. The number of nitrogens with two attached hydrogens (primary N) is 1. The van der Waals surface area contributed by atoms with Crippen LogP contribution >= 0.6 is 0 Å². The first-order chi connectivity index (χ1) is 20.3. The highest BCUT2D eigenvalue weighted by Crippen LogP contribution is 2.45. The van der Waals surface area contributed by atoms with Gasteiger partial charge in [-0.15, -0.1) is 4.98 Å². The fourth-order valence-corrected chi connectivity index (χ4v) is 4.98. The number of halogens is 6. The molecule has 1 aromatic carbocycles. The number of hydrogen-bond donors (Lipinski definition) is 1. The van der Waals surface area contributed by atoms with Crippen LogP contribution in [0.15, 0.2) is 43.0 Å². The maximum Gasteiger partial charge on any atom is 0.434 e. The molecule has 6 rings (SSSR count). The Labute approximate surface area is 239 Å². The molecule has 0 aliphatic heterocycles. The topological polar surface area (TPSA) is 113 Å². The molecule has 43 heavy (non-hydrogen) atoms. The molecule has 0 unspecified atom stereocenters. The average Bonchev–Trinajstić information content (AvgIpc) is 3.68. The summed E-state index contributed by atoms with van der Waals surface area (Å²) in [7, 11) is 2.90. The number of aryl methyl sites for hydroxylation is 1. The smallest absolute Gasteiger partial charge is 0.434 e. The maximum absolute atomic E-state index is 13.6. The molecular formula is C27H24F6N9O+. The number of anilines is 1. The minimum absolute atomic E-state index is 0.0101. The van der Waals surface area contributed by atoms with Gasteiger partial charge in [-0.2, -0.15) is 26.3 Å². The summed E-state index contributed by atoms with van der Waals surface area (Å²) in [6, 6.07) is 6.44. The second kappa shape index (κ2) is 10.2. The number of hydrogen-bond acceptors (Lipinski definition) is 7. The van der Waals surface area contributed by atoms with Crippen molar-refractivity contribution in [1.82, 2.24) is 34.1 Å². The van der Waals surface area contributed by atoms with Gasteiger partial charge in [0.1, 0.15) is 17.7 Å². The molecule has 5 aromatic rings. The van der Waals surface area contributed by atoms with Crippen molar-refractivity contribution in [3.05, 3.63) is 59.9 Å². The molecule has 1 aliphatic rings. The Morgan fingerprint density at radius 1 is 1.02 bits per heavy atom. The Balaban J connectivity index is 1.43. The largest absolute Gasteiger partial charge is 0.480 e. The Kier molecular flexibility index (Phi) is 6.73. The molecule has 0 amide bonds. The molecule has 0 radical (unpaired) electrons. The van der Waals surface area contributed by atoms with Gasteiger partial charge in [-0.25, -0.2) is 29.1 Å². The summed E-state index contributed by atoms with van der Waals surface area (Å²) in [5.41, 5.74) is 7.65. The van der Waals surface area contributed by atoms with Crippen molar-refractivity contribution in [3.63, 3.8) is 0 Å². The zero-order valence-electron chi connectivity index (χ0n) is 22.8. The normalized spacial score (nSPS) is 14.0. The highest BCUT2D eigenvalue weighted by atomic mass is 19.4. The number of aromatic nitrogens is 8. The Morgan fingerprint density at radius 3 is 2.35 bits per heavy atom. The molecule has 1 aliphatic carbocycles. The standard InChI is InChI=1S/C27H23F6N9O/c1-40-11-18(27(31,32)33)38-22(40)16-5-3-14(4-6-16)10-41-23-17(42(25(41)34)12-26(28,29)30)9-35-21(39-23)19-20(15-7-8-15)36-13-37-24(19)43-2/h3-6,9,11,13,15,34H,7-8,10,12H2,1-2H3/p+1. The third-order valence-corrected chi connectivity index (χ3v) is 7.13. The van der Waals surface area contributed by atoms with Crippen LogP contribution in [0.5, 0.6) is 5.88 Å². The van der Waals surface area contributed by atoms with Crippen molar-refractivity contribution in [1.29, 1.82) is 0 Å². The summed E-state index contributed by atoms with van der Waals surface area (Å²) >= 11 is 0. The SMILES string of the molecule is COc1ncnc(C2CC2)c1-c1ncc2c(n1)[n+](Cc1ccc(-c3nc(C(F)(F)F)cn3C)cc1)c(N)n2CC(F)(F)F. The molecule has 0 saturated heterocycles. The minimum atomic E-state index is -4.59. The van der Waals surface area contributed by atoms with Gasteiger partial charge in [-0.05, 0) is 18.4 Å². The third kappa shape index (κ3) is 5.44. The summed E-state index contributed by atoms with van der Waals surface area (Å²) in [4.78, 5) is 21.3. The lowest BCUT2D eigenvalue weighted by atomic mass is 10.1. The molecule has 224 valence electrons. The molecule has 4 aromatic heterocycles. The first-order valence-electron chi connectivity index (χ1n) is 13.0. The molecule has 10 nitrogen and oxygen atoms in total. The Morgan fingerprint density at radius 2 is 1.74 bits per heavy atom. The molecule has 1 saturated carbocycles. The van der Waals surface area contributed by atoms with Crippen LogP contribution in [-0.4, -0.2) is 47.3 Å². The highest BCUT2D eigenvalue weighted by Gasteiger charge is 2.37. The van der Waals surface area contributed by atoms with Crippen LogP contribution in [0.25, 0.3) is 33.9 Å².